The summed E-state index contributed by atoms with van der Waals surface area (Å²) in [6.45, 7) is -0.197. The lowest BCUT2D eigenvalue weighted by molar-refractivity contribution is -0.143. The molecule has 0 heterocycles. The summed E-state index contributed by atoms with van der Waals surface area (Å²) in [5, 5.41) is 0. The molecule has 0 amide bonds. The van der Waals surface area contributed by atoms with E-state index in [1.165, 1.54) is 0 Å². The van der Waals surface area contributed by atoms with Crippen LogP contribution >= 0.6 is 47.4 Å². The third kappa shape index (κ3) is 10.6. The Bertz CT molecular complexity index is 158. The summed E-state index contributed by atoms with van der Waals surface area (Å²) < 4.78 is 3.18. The van der Waals surface area contributed by atoms with Crippen molar-refractivity contribution in [3.63, 3.8) is 0 Å². The highest BCUT2D eigenvalue weighted by Crippen LogP contribution is 2.26. The van der Waals surface area contributed by atoms with E-state index in [-0.39, 0.29) is 12.6 Å². The third-order valence-corrected chi connectivity index (χ3v) is 1.83. The highest BCUT2D eigenvalue weighted by Gasteiger charge is 2.21. The predicted molar refractivity (Wildman–Crippen MR) is 59.0 cm³/mol. The average molecular weight is 266 g/mol. The fourth-order valence-corrected chi connectivity index (χ4v) is 1.00. The van der Waals surface area contributed by atoms with E-state index in [1.54, 1.807) is 0 Å². The van der Waals surface area contributed by atoms with E-state index in [1.807, 2.05) is 0 Å². The van der Waals surface area contributed by atoms with E-state index in [0.29, 0.717) is 6.42 Å². The minimum atomic E-state index is -1.51. The van der Waals surface area contributed by atoms with E-state index < -0.39 is 3.79 Å². The molecule has 2 nitrogen and oxygen atoms in total. The first-order valence-corrected chi connectivity index (χ1v) is 5.55. The maximum Gasteiger partial charge on any atom is 0.305 e. The highest BCUT2D eigenvalue weighted by molar-refractivity contribution is 7.80. The van der Waals surface area contributed by atoms with Gasteiger partial charge in [0.15, 0.2) is 0 Å². The van der Waals surface area contributed by atoms with Crippen LogP contribution in [0.4, 0.5) is 0 Å². The van der Waals surface area contributed by atoms with Crippen molar-refractivity contribution >= 4 is 53.4 Å². The summed E-state index contributed by atoms with van der Waals surface area (Å²) in [7, 11) is 0. The minimum absolute atomic E-state index is 0.197. The van der Waals surface area contributed by atoms with E-state index in [9.17, 15) is 4.79 Å². The van der Waals surface area contributed by atoms with Gasteiger partial charge < -0.3 is 4.74 Å². The average Bonchev–Trinajstić information content (AvgIpc) is 2.00. The summed E-state index contributed by atoms with van der Waals surface area (Å²) in [5.74, 6) is 0.422. The highest BCUT2D eigenvalue weighted by atomic mass is 35.6. The van der Waals surface area contributed by atoms with Crippen molar-refractivity contribution in [3.05, 3.63) is 0 Å². The molecule has 6 heteroatoms. The second-order valence-electron chi connectivity index (χ2n) is 2.46. The zero-order valence-corrected chi connectivity index (χ0v) is 10.1. The molecule has 0 aliphatic rings. The molecular weight excluding hydrogens is 255 g/mol. The van der Waals surface area contributed by atoms with Crippen LogP contribution in [0.1, 0.15) is 19.3 Å². The van der Waals surface area contributed by atoms with Gasteiger partial charge in [-0.25, -0.2) is 0 Å². The van der Waals surface area contributed by atoms with Crippen molar-refractivity contribution in [2.45, 2.75) is 23.1 Å². The summed E-state index contributed by atoms with van der Waals surface area (Å²) in [5.41, 5.74) is 0. The number of carbonyl (C=O) groups excluding carboxylic acids is 1. The Labute approximate surface area is 98.3 Å². The number of rotatable bonds is 5. The monoisotopic (exact) mass is 264 g/mol. The first kappa shape index (κ1) is 13.7. The van der Waals surface area contributed by atoms with Crippen LogP contribution in [0.5, 0.6) is 0 Å². The second kappa shape index (κ2) is 7.04. The Hall–Kier alpha value is 0.690. The maximum absolute atomic E-state index is 10.9. The number of unbranched alkanes of at least 4 members (excludes halogenated alkanes) is 1. The quantitative estimate of drug-likeness (QED) is 0.358. The molecule has 0 rings (SSSR count). The molecule has 0 aliphatic heterocycles. The first-order valence-electron chi connectivity index (χ1n) is 3.79. The van der Waals surface area contributed by atoms with E-state index in [2.05, 4.69) is 12.6 Å². The third-order valence-electron chi connectivity index (χ3n) is 1.19. The van der Waals surface area contributed by atoms with Crippen LogP contribution in [0, 0.1) is 0 Å². The molecule has 0 unspecified atom stereocenters. The number of thiol groups is 1. The minimum Gasteiger partial charge on any atom is -0.461 e. The molecule has 78 valence electrons. The summed E-state index contributed by atoms with van der Waals surface area (Å²) >= 11 is 20.1. The number of ether oxygens (including phenoxy) is 1. The predicted octanol–water partition coefficient (Wildman–Crippen LogP) is 3.00. The Morgan fingerprint density at radius 3 is 2.38 bits per heavy atom. The number of halogens is 3. The van der Waals surface area contributed by atoms with Crippen LogP contribution in [0.25, 0.3) is 0 Å². The van der Waals surface area contributed by atoms with Gasteiger partial charge in [0.2, 0.25) is 3.79 Å². The molecule has 0 aromatic heterocycles. The van der Waals surface area contributed by atoms with Crippen LogP contribution in [-0.4, -0.2) is 22.1 Å². The van der Waals surface area contributed by atoms with Gasteiger partial charge in [0.05, 0.1) is 0 Å². The zero-order valence-electron chi connectivity index (χ0n) is 6.93. The van der Waals surface area contributed by atoms with Gasteiger partial charge in [0.1, 0.15) is 6.61 Å². The molecule has 0 radical (unpaired) electrons. The van der Waals surface area contributed by atoms with Gasteiger partial charge in [0, 0.05) is 6.42 Å². The molecule has 13 heavy (non-hydrogen) atoms. The molecule has 0 N–H and O–H groups in total. The standard InChI is InChI=1S/C7H11Cl3O2S/c8-7(9,10)5-12-6(11)3-1-2-4-13/h13H,1-5H2. The van der Waals surface area contributed by atoms with Gasteiger partial charge in [-0.05, 0) is 18.6 Å². The summed E-state index contributed by atoms with van der Waals surface area (Å²) in [6, 6.07) is 0. The Kier molecular flexibility index (Phi) is 7.42. The van der Waals surface area contributed by atoms with Crippen molar-refractivity contribution in [1.29, 1.82) is 0 Å². The van der Waals surface area contributed by atoms with Gasteiger partial charge in [-0.2, -0.15) is 12.6 Å². The normalized spacial score (nSPS) is 11.4. The molecule has 0 aliphatic carbocycles. The topological polar surface area (TPSA) is 26.3 Å². The molecule has 0 atom stereocenters. The summed E-state index contributed by atoms with van der Waals surface area (Å²) in [6.07, 6.45) is 1.98. The number of alkyl halides is 3. The fraction of sp³-hybridized carbons (Fsp3) is 0.857. The van der Waals surface area contributed by atoms with Crippen LogP contribution in [0.15, 0.2) is 0 Å². The lowest BCUT2D eigenvalue weighted by Crippen LogP contribution is -2.17. The van der Waals surface area contributed by atoms with Gasteiger partial charge in [-0.15, -0.1) is 0 Å². The number of hydrogen-bond acceptors (Lipinski definition) is 3. The van der Waals surface area contributed by atoms with Crippen molar-refractivity contribution in [2.24, 2.45) is 0 Å². The van der Waals surface area contributed by atoms with Crippen LogP contribution in [0.2, 0.25) is 0 Å². The molecule has 0 saturated carbocycles. The van der Waals surface area contributed by atoms with Crippen molar-refractivity contribution in [1.82, 2.24) is 0 Å². The number of hydrogen-bond donors (Lipinski definition) is 1. The Morgan fingerprint density at radius 2 is 1.92 bits per heavy atom. The van der Waals surface area contributed by atoms with Gasteiger partial charge in [-0.1, -0.05) is 34.8 Å². The van der Waals surface area contributed by atoms with Crippen molar-refractivity contribution in [2.75, 3.05) is 12.4 Å². The molecule has 0 saturated heterocycles. The smallest absolute Gasteiger partial charge is 0.305 e. The SMILES string of the molecule is O=C(CCCCS)OCC(Cl)(Cl)Cl. The van der Waals surface area contributed by atoms with Crippen molar-refractivity contribution in [3.8, 4) is 0 Å². The lowest BCUT2D eigenvalue weighted by atomic mass is 10.2. The number of carbonyl (C=O) groups is 1. The summed E-state index contributed by atoms with van der Waals surface area (Å²) in [4.78, 5) is 10.9. The first-order chi connectivity index (χ1) is 5.95. The largest absolute Gasteiger partial charge is 0.461 e. The van der Waals surface area contributed by atoms with Crippen LogP contribution in [-0.2, 0) is 9.53 Å². The Balaban J connectivity index is 3.41. The Morgan fingerprint density at radius 1 is 1.31 bits per heavy atom. The zero-order chi connectivity index (χ0) is 10.3. The number of esters is 1. The molecular formula is C7H11Cl3O2S. The molecule has 0 spiro atoms. The van der Waals surface area contributed by atoms with Gasteiger partial charge >= 0.3 is 5.97 Å². The van der Waals surface area contributed by atoms with E-state index in [4.69, 9.17) is 39.5 Å². The van der Waals surface area contributed by atoms with Crippen molar-refractivity contribution < 1.29 is 9.53 Å². The molecule has 0 fully saturated rings. The molecule has 0 aromatic carbocycles. The van der Waals surface area contributed by atoms with E-state index in [0.717, 1.165) is 18.6 Å². The van der Waals surface area contributed by atoms with Crippen LogP contribution < -0.4 is 0 Å². The van der Waals surface area contributed by atoms with Crippen LogP contribution in [0.3, 0.4) is 0 Å². The lowest BCUT2D eigenvalue weighted by Gasteiger charge is -2.10. The fourth-order valence-electron chi connectivity index (χ4n) is 0.616. The maximum atomic E-state index is 10.9. The second-order valence-corrected chi connectivity index (χ2v) is 5.42. The molecule has 0 bridgehead atoms. The van der Waals surface area contributed by atoms with Gasteiger partial charge in [-0.3, -0.25) is 4.79 Å². The van der Waals surface area contributed by atoms with Gasteiger partial charge in [0.25, 0.3) is 0 Å². The molecule has 0 aromatic rings. The van der Waals surface area contributed by atoms with E-state index >= 15 is 0 Å².